The lowest BCUT2D eigenvalue weighted by Crippen LogP contribution is -2.55. The molecule has 0 heterocycles. The fraction of sp³-hybridized carbons (Fsp3) is 1.00. The van der Waals surface area contributed by atoms with Crippen molar-refractivity contribution in [2.75, 3.05) is 0 Å². The maximum absolute atomic E-state index is 12.5. The first-order chi connectivity index (χ1) is 6.26. The predicted molar refractivity (Wildman–Crippen MR) is 63.1 cm³/mol. The van der Waals surface area contributed by atoms with Crippen molar-refractivity contribution in [2.45, 2.75) is 50.4 Å². The maximum atomic E-state index is 12.5. The van der Waals surface area contributed by atoms with Gasteiger partial charge in [-0.2, -0.15) is 13.2 Å². The molecule has 0 bridgehead atoms. The third-order valence-corrected chi connectivity index (χ3v) is 3.31. The van der Waals surface area contributed by atoms with Gasteiger partial charge in [-0.25, -0.2) is 0 Å². The molecule has 4 N–H and O–H groups in total. The Balaban J connectivity index is 0. The van der Waals surface area contributed by atoms with Crippen LogP contribution in [0.2, 0.25) is 0 Å². The number of alkyl halides is 3. The van der Waals surface area contributed by atoms with Crippen molar-refractivity contribution in [2.24, 2.45) is 17.4 Å². The van der Waals surface area contributed by atoms with Crippen LogP contribution in [0.1, 0.15) is 32.6 Å². The molecule has 16 heavy (non-hydrogen) atoms. The van der Waals surface area contributed by atoms with Gasteiger partial charge >= 0.3 is 6.18 Å². The third kappa shape index (κ3) is 4.28. The van der Waals surface area contributed by atoms with Gasteiger partial charge in [0.25, 0.3) is 0 Å². The molecule has 0 spiro atoms. The molecule has 0 radical (unpaired) electrons. The highest BCUT2D eigenvalue weighted by Crippen LogP contribution is 2.40. The van der Waals surface area contributed by atoms with Crippen molar-refractivity contribution in [1.29, 1.82) is 0 Å². The van der Waals surface area contributed by atoms with Crippen LogP contribution in [0.15, 0.2) is 0 Å². The zero-order valence-electron chi connectivity index (χ0n) is 9.09. The Morgan fingerprint density at radius 1 is 1.19 bits per heavy atom. The summed E-state index contributed by atoms with van der Waals surface area (Å²) < 4.78 is 37.4. The number of nitrogens with two attached hydrogens (primary N) is 2. The van der Waals surface area contributed by atoms with Gasteiger partial charge in [-0.05, 0) is 25.7 Å². The van der Waals surface area contributed by atoms with E-state index < -0.39 is 17.6 Å². The van der Waals surface area contributed by atoms with Crippen LogP contribution in [0.4, 0.5) is 13.2 Å². The van der Waals surface area contributed by atoms with Gasteiger partial charge in [0, 0.05) is 11.6 Å². The summed E-state index contributed by atoms with van der Waals surface area (Å²) in [5.74, 6) is -1.44. The molecule has 0 saturated heterocycles. The smallest absolute Gasteiger partial charge is 0.328 e. The van der Waals surface area contributed by atoms with E-state index in [1.165, 1.54) is 0 Å². The van der Waals surface area contributed by atoms with Gasteiger partial charge in [-0.15, -0.1) is 24.8 Å². The first-order valence-corrected chi connectivity index (χ1v) is 4.87. The fourth-order valence-corrected chi connectivity index (χ4v) is 1.94. The lowest BCUT2D eigenvalue weighted by molar-refractivity contribution is -0.190. The number of hydrogen-bond acceptors (Lipinski definition) is 2. The van der Waals surface area contributed by atoms with Crippen LogP contribution >= 0.6 is 24.8 Å². The molecule has 1 aliphatic carbocycles. The number of rotatable bonds is 1. The minimum absolute atomic E-state index is 0. The number of halogens is 5. The van der Waals surface area contributed by atoms with Crippen molar-refractivity contribution >= 4 is 24.8 Å². The molecular weight excluding hydrogens is 264 g/mol. The van der Waals surface area contributed by atoms with Gasteiger partial charge in [0.05, 0.1) is 5.92 Å². The van der Waals surface area contributed by atoms with Crippen LogP contribution in [0, 0.1) is 5.92 Å². The summed E-state index contributed by atoms with van der Waals surface area (Å²) in [5, 5.41) is 0. The molecule has 0 aromatic carbocycles. The predicted octanol–water partition coefficient (Wildman–Crippen LogP) is 2.63. The summed E-state index contributed by atoms with van der Waals surface area (Å²) >= 11 is 0. The van der Waals surface area contributed by atoms with E-state index in [-0.39, 0.29) is 30.9 Å². The molecule has 0 aromatic rings. The van der Waals surface area contributed by atoms with E-state index in [1.807, 2.05) is 0 Å². The SMILES string of the molecule is CC(C(F)(F)F)C1(N)CCC(N)CC1.Cl.Cl. The normalized spacial score (nSPS) is 32.2. The molecule has 1 rings (SSSR count). The second-order valence-corrected chi connectivity index (χ2v) is 4.33. The molecule has 1 aliphatic rings. The standard InChI is InChI=1S/C9H17F3N2.2ClH/c1-6(9(10,11)12)8(14)4-2-7(13)3-5-8;;/h6-7H,2-5,13-14H2,1H3;2*1H. The minimum Gasteiger partial charge on any atom is -0.328 e. The van der Waals surface area contributed by atoms with Gasteiger partial charge in [-0.3, -0.25) is 0 Å². The molecule has 0 aromatic heterocycles. The second kappa shape index (κ2) is 6.28. The van der Waals surface area contributed by atoms with Gasteiger partial charge < -0.3 is 11.5 Å². The Morgan fingerprint density at radius 3 is 1.88 bits per heavy atom. The fourth-order valence-electron chi connectivity index (χ4n) is 1.94. The Labute approximate surface area is 106 Å². The Bertz CT molecular complexity index is 203. The van der Waals surface area contributed by atoms with Crippen molar-refractivity contribution in [1.82, 2.24) is 0 Å². The van der Waals surface area contributed by atoms with Crippen LogP contribution in [-0.4, -0.2) is 17.8 Å². The first kappa shape index (κ1) is 18.6. The van der Waals surface area contributed by atoms with E-state index in [2.05, 4.69) is 0 Å². The molecule has 0 aliphatic heterocycles. The molecule has 7 heteroatoms. The Morgan fingerprint density at radius 2 is 1.56 bits per heavy atom. The lowest BCUT2D eigenvalue weighted by Gasteiger charge is -2.41. The molecule has 1 atom stereocenters. The van der Waals surface area contributed by atoms with E-state index >= 15 is 0 Å². The van der Waals surface area contributed by atoms with E-state index in [0.717, 1.165) is 6.92 Å². The average molecular weight is 283 g/mol. The highest BCUT2D eigenvalue weighted by atomic mass is 35.5. The Hall–Kier alpha value is 0.290. The molecule has 2 nitrogen and oxygen atoms in total. The van der Waals surface area contributed by atoms with Gasteiger partial charge in [0.15, 0.2) is 0 Å². The summed E-state index contributed by atoms with van der Waals surface area (Å²) in [7, 11) is 0. The molecule has 1 unspecified atom stereocenters. The highest BCUT2D eigenvalue weighted by molar-refractivity contribution is 5.85. The van der Waals surface area contributed by atoms with E-state index in [1.54, 1.807) is 0 Å². The van der Waals surface area contributed by atoms with Crippen molar-refractivity contribution < 1.29 is 13.2 Å². The summed E-state index contributed by atoms with van der Waals surface area (Å²) in [6.07, 6.45) is -2.27. The largest absolute Gasteiger partial charge is 0.393 e. The van der Waals surface area contributed by atoms with Gasteiger partial charge in [-0.1, -0.05) is 6.92 Å². The molecule has 100 valence electrons. The zero-order chi connectivity index (χ0) is 11.0. The van der Waals surface area contributed by atoms with E-state index in [9.17, 15) is 13.2 Å². The molecule has 0 amide bonds. The summed E-state index contributed by atoms with van der Waals surface area (Å²) in [5.41, 5.74) is 10.3. The quantitative estimate of drug-likeness (QED) is 0.777. The van der Waals surface area contributed by atoms with Gasteiger partial charge in [0.2, 0.25) is 0 Å². The average Bonchev–Trinajstić information content (AvgIpc) is 2.08. The van der Waals surface area contributed by atoms with E-state index in [0.29, 0.717) is 25.7 Å². The van der Waals surface area contributed by atoms with Crippen LogP contribution in [0.3, 0.4) is 0 Å². The second-order valence-electron chi connectivity index (χ2n) is 4.33. The lowest BCUT2D eigenvalue weighted by atomic mass is 9.72. The third-order valence-electron chi connectivity index (χ3n) is 3.31. The zero-order valence-corrected chi connectivity index (χ0v) is 10.7. The molecule has 1 fully saturated rings. The monoisotopic (exact) mass is 282 g/mol. The summed E-state index contributed by atoms with van der Waals surface area (Å²) in [6, 6.07) is 0.0205. The molecule has 1 saturated carbocycles. The Kier molecular flexibility index (Phi) is 7.32. The number of hydrogen-bond donors (Lipinski definition) is 2. The topological polar surface area (TPSA) is 52.0 Å². The van der Waals surface area contributed by atoms with Crippen molar-refractivity contribution in [3.8, 4) is 0 Å². The minimum atomic E-state index is -4.20. The van der Waals surface area contributed by atoms with Crippen LogP contribution in [-0.2, 0) is 0 Å². The van der Waals surface area contributed by atoms with Crippen LogP contribution in [0.25, 0.3) is 0 Å². The molecular formula is C9H19Cl2F3N2. The maximum Gasteiger partial charge on any atom is 0.393 e. The van der Waals surface area contributed by atoms with Gasteiger partial charge in [0.1, 0.15) is 0 Å². The first-order valence-electron chi connectivity index (χ1n) is 4.87. The summed E-state index contributed by atoms with van der Waals surface area (Å²) in [4.78, 5) is 0. The summed E-state index contributed by atoms with van der Waals surface area (Å²) in [6.45, 7) is 1.16. The van der Waals surface area contributed by atoms with E-state index in [4.69, 9.17) is 11.5 Å². The highest BCUT2D eigenvalue weighted by Gasteiger charge is 2.49. The van der Waals surface area contributed by atoms with Crippen molar-refractivity contribution in [3.63, 3.8) is 0 Å². The van der Waals surface area contributed by atoms with Crippen LogP contribution < -0.4 is 11.5 Å². The van der Waals surface area contributed by atoms with Crippen LogP contribution in [0.5, 0.6) is 0 Å². The van der Waals surface area contributed by atoms with Crippen molar-refractivity contribution in [3.05, 3.63) is 0 Å².